The molecule has 15 heteroatoms. The largest absolute Gasteiger partial charge is 2.00 e. The third-order valence-electron chi connectivity index (χ3n) is 0. The van der Waals surface area contributed by atoms with E-state index in [1.54, 1.807) is 0 Å². The van der Waals surface area contributed by atoms with Gasteiger partial charge in [-0.05, 0) is 6.16 Å². The van der Waals surface area contributed by atoms with Crippen molar-refractivity contribution in [2.24, 2.45) is 0 Å². The van der Waals surface area contributed by atoms with Gasteiger partial charge in [0.2, 0.25) is 0 Å². The predicted octanol–water partition coefficient (Wildman–Crippen LogP) is -8.99. The van der Waals surface area contributed by atoms with E-state index in [-0.39, 0.29) is 116 Å². The molecule has 0 heterocycles. The minimum absolute atomic E-state index is 0. The van der Waals surface area contributed by atoms with Crippen molar-refractivity contribution in [3.8, 4) is 0 Å². The van der Waals surface area contributed by atoms with Crippen molar-refractivity contribution in [1.29, 1.82) is 0 Å². The third-order valence-corrected chi connectivity index (χ3v) is 0. The van der Waals surface area contributed by atoms with Crippen LogP contribution in [-0.4, -0.2) is 85.0 Å². The fourth-order valence-corrected chi connectivity index (χ4v) is 0. The molecule has 0 aromatic heterocycles. The number of carbonyl (C=O) groups is 3. The second-order valence-electron chi connectivity index (χ2n) is 0.815. The van der Waals surface area contributed by atoms with Crippen LogP contribution in [0.5, 0.6) is 0 Å². The van der Waals surface area contributed by atoms with Crippen LogP contribution in [0.3, 0.4) is 0 Å². The van der Waals surface area contributed by atoms with Crippen LogP contribution in [0.15, 0.2) is 0 Å². The topological polar surface area (TPSA) is 235 Å². The molecule has 0 aliphatic rings. The van der Waals surface area contributed by atoms with Crippen LogP contribution in [-0.2, 0) is 11.0 Å². The summed E-state index contributed by atoms with van der Waals surface area (Å²) in [7, 11) is 0. The normalized spacial score (nSPS) is 4.00. The Morgan fingerprint density at radius 2 is 0.667 bits per heavy atom. The molecule has 0 aromatic carbocycles. The van der Waals surface area contributed by atoms with Crippen molar-refractivity contribution in [1.82, 2.24) is 0 Å². The monoisotopic (exact) mass is 310 g/mol. The number of hydrogen-bond acceptors (Lipinski definition) is 5. The van der Waals surface area contributed by atoms with E-state index in [0.29, 0.717) is 0 Å². The summed E-state index contributed by atoms with van der Waals surface area (Å²) in [5, 5.41) is 44.6. The summed E-state index contributed by atoms with van der Waals surface area (Å²) >= 11 is 0. The Morgan fingerprint density at radius 3 is 0.667 bits per heavy atom. The van der Waals surface area contributed by atoms with Crippen molar-refractivity contribution < 1.29 is 115 Å². The average Bonchev–Trinajstić information content (AvgIpc) is 1.54. The molecule has 0 bridgehead atoms. The molecule has 0 aliphatic heterocycles. The van der Waals surface area contributed by atoms with Gasteiger partial charge in [-0.3, -0.25) is 0 Å². The number of carboxylic acid groups (broad SMARTS) is 6. The van der Waals surface area contributed by atoms with Crippen molar-refractivity contribution >= 4 is 64.6 Å². The summed E-state index contributed by atoms with van der Waals surface area (Å²) in [4.78, 5) is 25.4. The quantitative estimate of drug-likeness (QED) is 0.310. The molecular formula is C3H4Mg2Na2O11. The Labute approximate surface area is 177 Å². The molecule has 0 saturated heterocycles. The molecule has 88 valence electrons. The number of carbonyl (C=O) groups excluding carboxylic acids is 1. The van der Waals surface area contributed by atoms with Crippen molar-refractivity contribution in [2.75, 3.05) is 0 Å². The molecule has 0 spiro atoms. The van der Waals surface area contributed by atoms with E-state index in [1.165, 1.54) is 0 Å². The molecule has 18 heavy (non-hydrogen) atoms. The van der Waals surface area contributed by atoms with Gasteiger partial charge in [-0.25, -0.2) is 9.59 Å². The summed E-state index contributed by atoms with van der Waals surface area (Å²) in [6.45, 7) is 0. The zero-order chi connectivity index (χ0) is 10.7. The van der Waals surface area contributed by atoms with Crippen molar-refractivity contribution in [3.63, 3.8) is 0 Å². The summed E-state index contributed by atoms with van der Waals surface area (Å²) in [5.41, 5.74) is 0. The Morgan fingerprint density at radius 1 is 0.667 bits per heavy atom. The fraction of sp³-hybridized carbons (Fsp3) is 0. The minimum Gasteiger partial charge on any atom is -2.00 e. The summed E-state index contributed by atoms with van der Waals surface area (Å²) in [5.74, 6) is 0. The van der Waals surface area contributed by atoms with E-state index in [1.807, 2.05) is 0 Å². The molecular weight excluding hydrogens is 307 g/mol. The summed E-state index contributed by atoms with van der Waals surface area (Å²) < 4.78 is 0. The first-order valence-electron chi connectivity index (χ1n) is 1.92. The van der Waals surface area contributed by atoms with Gasteiger partial charge in [-0.15, -0.1) is 0 Å². The Hall–Kier alpha value is 1.26. The average molecular weight is 311 g/mol. The molecule has 0 unspecified atom stereocenters. The van der Waals surface area contributed by atoms with Crippen LogP contribution >= 0.6 is 0 Å². The second-order valence-corrected chi connectivity index (χ2v) is 0.815. The molecule has 0 atom stereocenters. The molecule has 11 nitrogen and oxygen atoms in total. The van der Waals surface area contributed by atoms with E-state index >= 15 is 0 Å². The van der Waals surface area contributed by atoms with E-state index in [2.05, 4.69) is 0 Å². The van der Waals surface area contributed by atoms with Gasteiger partial charge >= 0.3 is 118 Å². The van der Waals surface area contributed by atoms with Crippen LogP contribution in [0.25, 0.3) is 0 Å². The third kappa shape index (κ3) is 2860. The van der Waals surface area contributed by atoms with Crippen LogP contribution in [0.4, 0.5) is 14.4 Å². The first-order chi connectivity index (χ1) is 5.20. The molecule has 0 aliphatic carbocycles. The molecule has 0 aromatic rings. The maximum Gasteiger partial charge on any atom is 2.00 e. The Balaban J connectivity index is -0.00000000827. The maximum atomic E-state index is 8.56. The predicted molar refractivity (Wildman–Crippen MR) is 39.6 cm³/mol. The van der Waals surface area contributed by atoms with Crippen molar-refractivity contribution in [3.05, 3.63) is 0 Å². The van der Waals surface area contributed by atoms with Gasteiger partial charge in [0.15, 0.2) is 0 Å². The first-order valence-corrected chi connectivity index (χ1v) is 1.92. The number of hydrogen-bond donors (Lipinski definition) is 4. The van der Waals surface area contributed by atoms with Gasteiger partial charge in [0.1, 0.15) is 0 Å². The van der Waals surface area contributed by atoms with Gasteiger partial charge in [0.25, 0.3) is 0 Å². The smallest absolute Gasteiger partial charge is 2.00 e. The van der Waals surface area contributed by atoms with Gasteiger partial charge < -0.3 is 46.4 Å². The van der Waals surface area contributed by atoms with Gasteiger partial charge in [0, 0.05) is 0 Å². The Bertz CT molecular complexity index is 126. The van der Waals surface area contributed by atoms with Crippen LogP contribution < -0.4 is 69.3 Å². The minimum atomic E-state index is -2.33. The zero-order valence-corrected chi connectivity index (χ0v) is 16.4. The number of rotatable bonds is 0. The van der Waals surface area contributed by atoms with Gasteiger partial charge in [-0.1, -0.05) is 0 Å². The summed E-state index contributed by atoms with van der Waals surface area (Å²) in [6.07, 6.45) is -6.00. The van der Waals surface area contributed by atoms with Gasteiger partial charge in [-0.2, -0.15) is 0 Å². The van der Waals surface area contributed by atoms with Crippen molar-refractivity contribution in [2.45, 2.75) is 0 Å². The fourth-order valence-electron chi connectivity index (χ4n) is 0. The van der Waals surface area contributed by atoms with Crippen LogP contribution in [0.2, 0.25) is 0 Å². The molecule has 4 N–H and O–H groups in total. The van der Waals surface area contributed by atoms with E-state index in [0.717, 1.165) is 0 Å². The standard InChI is InChI=1S/3CH2O3.2Mg.2Na.2O/c3*2-1(3)4;;;;;;/h3*(H2,2,3,4);;;;;;/q;;;2*+2;2*+1;2*-2/p-2. The van der Waals surface area contributed by atoms with E-state index < -0.39 is 18.5 Å². The maximum absolute atomic E-state index is 8.56. The van der Waals surface area contributed by atoms with Gasteiger partial charge in [0.05, 0.1) is 0 Å². The second kappa shape index (κ2) is 51.7. The van der Waals surface area contributed by atoms with Crippen LogP contribution in [0.1, 0.15) is 0 Å². The SMILES string of the molecule is O=C(O)O.O=C(O)O.O=C([O-])[O-].[Mg+2].[Mg+2].[Na+].[Na+].[O-2].[O-2]. The molecule has 0 fully saturated rings. The van der Waals surface area contributed by atoms with E-state index in [9.17, 15) is 0 Å². The Kier molecular flexibility index (Phi) is 175. The molecule has 0 radical (unpaired) electrons. The molecule has 0 amide bonds. The first kappa shape index (κ1) is 61.0. The van der Waals surface area contributed by atoms with Crippen LogP contribution in [0, 0.1) is 0 Å². The molecule has 0 saturated carbocycles. The molecule has 0 rings (SSSR count). The zero-order valence-electron chi connectivity index (χ0n) is 9.56. The summed E-state index contributed by atoms with van der Waals surface area (Å²) in [6, 6.07) is 0. The van der Waals surface area contributed by atoms with E-state index in [4.69, 9.17) is 45.0 Å².